The minimum Gasteiger partial charge on any atom is -0.353 e. The Kier molecular flexibility index (Phi) is 2.80. The topological polar surface area (TPSA) is 46.3 Å². The van der Waals surface area contributed by atoms with Gasteiger partial charge >= 0.3 is 0 Å². The molecule has 2 aromatic heterocycles. The van der Waals surface area contributed by atoms with Crippen LogP contribution in [0.2, 0.25) is 0 Å². The van der Waals surface area contributed by atoms with Crippen molar-refractivity contribution in [2.24, 2.45) is 5.92 Å². The van der Waals surface area contributed by atoms with Crippen molar-refractivity contribution in [3.05, 3.63) is 30.1 Å². The average molecular weight is 281 g/mol. The summed E-state index contributed by atoms with van der Waals surface area (Å²) in [5.41, 5.74) is 2.95. The van der Waals surface area contributed by atoms with Crippen LogP contribution in [0.5, 0.6) is 0 Å². The zero-order valence-corrected chi connectivity index (χ0v) is 12.5. The van der Waals surface area contributed by atoms with Gasteiger partial charge in [-0.15, -0.1) is 10.2 Å². The Morgan fingerprint density at radius 1 is 1.19 bits per heavy atom. The molecule has 0 amide bonds. The van der Waals surface area contributed by atoms with E-state index >= 15 is 0 Å². The van der Waals surface area contributed by atoms with Gasteiger partial charge in [0.05, 0.1) is 11.0 Å². The molecule has 5 heteroatoms. The molecule has 0 saturated carbocycles. The van der Waals surface area contributed by atoms with Gasteiger partial charge in [0.15, 0.2) is 5.82 Å². The lowest BCUT2D eigenvalue weighted by atomic mass is 10.0. The van der Waals surface area contributed by atoms with E-state index < -0.39 is 0 Å². The molecule has 1 saturated heterocycles. The van der Waals surface area contributed by atoms with Gasteiger partial charge in [-0.2, -0.15) is 0 Å². The molecule has 1 aliphatic rings. The van der Waals surface area contributed by atoms with Crippen molar-refractivity contribution in [1.82, 2.24) is 19.6 Å². The van der Waals surface area contributed by atoms with Crippen LogP contribution in [0, 0.1) is 12.8 Å². The van der Waals surface area contributed by atoms with E-state index in [1.165, 1.54) is 12.8 Å². The highest BCUT2D eigenvalue weighted by Gasteiger charge is 2.22. The molecule has 0 bridgehead atoms. The van der Waals surface area contributed by atoms with Crippen molar-refractivity contribution in [3.8, 4) is 0 Å². The summed E-state index contributed by atoms with van der Waals surface area (Å²) < 4.78 is 2.12. The van der Waals surface area contributed by atoms with Crippen LogP contribution in [0.25, 0.3) is 16.7 Å². The Morgan fingerprint density at radius 2 is 2.05 bits per heavy atom. The summed E-state index contributed by atoms with van der Waals surface area (Å²) in [6.45, 7) is 6.40. The van der Waals surface area contributed by atoms with Gasteiger partial charge in [0, 0.05) is 13.1 Å². The molecule has 0 aliphatic carbocycles. The van der Waals surface area contributed by atoms with Crippen LogP contribution in [0.15, 0.2) is 24.3 Å². The smallest absolute Gasteiger partial charge is 0.204 e. The Hall–Kier alpha value is -2.17. The summed E-state index contributed by atoms with van der Waals surface area (Å²) in [5.74, 6) is 2.59. The van der Waals surface area contributed by atoms with Gasteiger partial charge in [-0.1, -0.05) is 19.1 Å². The second-order valence-corrected chi connectivity index (χ2v) is 6.02. The van der Waals surface area contributed by atoms with Crippen molar-refractivity contribution in [2.75, 3.05) is 18.0 Å². The summed E-state index contributed by atoms with van der Waals surface area (Å²) in [5, 5.41) is 8.64. The molecule has 3 heterocycles. The van der Waals surface area contributed by atoms with Crippen LogP contribution in [0.1, 0.15) is 25.6 Å². The first-order chi connectivity index (χ1) is 10.2. The van der Waals surface area contributed by atoms with Crippen molar-refractivity contribution >= 4 is 22.5 Å². The van der Waals surface area contributed by atoms with Crippen LogP contribution in [-0.4, -0.2) is 32.7 Å². The normalized spacial score (nSPS) is 19.5. The third-order valence-electron chi connectivity index (χ3n) is 4.33. The van der Waals surface area contributed by atoms with Gasteiger partial charge in [0.25, 0.3) is 0 Å². The number of hydrogen-bond donors (Lipinski definition) is 0. The molecule has 21 heavy (non-hydrogen) atoms. The van der Waals surface area contributed by atoms with Gasteiger partial charge in [-0.3, -0.25) is 4.40 Å². The average Bonchev–Trinajstić information content (AvgIpc) is 2.89. The van der Waals surface area contributed by atoms with E-state index in [0.29, 0.717) is 5.92 Å². The van der Waals surface area contributed by atoms with Crippen LogP contribution in [-0.2, 0) is 0 Å². The molecule has 3 aromatic rings. The first kappa shape index (κ1) is 12.6. The van der Waals surface area contributed by atoms with Crippen molar-refractivity contribution < 1.29 is 0 Å². The van der Waals surface area contributed by atoms with E-state index in [9.17, 15) is 0 Å². The van der Waals surface area contributed by atoms with Crippen LogP contribution >= 0.6 is 0 Å². The minimum absolute atomic E-state index is 0.705. The van der Waals surface area contributed by atoms with Gasteiger partial charge in [0.1, 0.15) is 5.82 Å². The van der Waals surface area contributed by atoms with E-state index in [4.69, 9.17) is 4.98 Å². The second kappa shape index (κ2) is 4.69. The summed E-state index contributed by atoms with van der Waals surface area (Å²) in [6.07, 6.45) is 2.51. The molecule has 0 N–H and O–H groups in total. The quantitative estimate of drug-likeness (QED) is 0.688. The number of rotatable bonds is 1. The summed E-state index contributed by atoms with van der Waals surface area (Å²) in [6, 6.07) is 8.20. The first-order valence-electron chi connectivity index (χ1n) is 7.59. The predicted octanol–water partition coefficient (Wildman–Crippen LogP) is 2.82. The minimum atomic E-state index is 0.705. The lowest BCUT2D eigenvalue weighted by Gasteiger charge is -2.32. The maximum Gasteiger partial charge on any atom is 0.204 e. The molecule has 0 radical (unpaired) electrons. The number of fused-ring (bicyclic) bond motifs is 3. The van der Waals surface area contributed by atoms with E-state index in [1.54, 1.807) is 0 Å². The lowest BCUT2D eigenvalue weighted by molar-refractivity contribution is 0.445. The van der Waals surface area contributed by atoms with Crippen molar-refractivity contribution in [3.63, 3.8) is 0 Å². The maximum absolute atomic E-state index is 4.88. The summed E-state index contributed by atoms with van der Waals surface area (Å²) in [7, 11) is 0. The van der Waals surface area contributed by atoms with Crippen LogP contribution < -0.4 is 4.90 Å². The number of hydrogen-bond acceptors (Lipinski definition) is 4. The molecule has 1 fully saturated rings. The van der Waals surface area contributed by atoms with Gasteiger partial charge in [-0.05, 0) is 37.8 Å². The number of anilines is 1. The molecular formula is C16H19N5. The first-order valence-corrected chi connectivity index (χ1v) is 7.59. The number of para-hydroxylation sites is 2. The van der Waals surface area contributed by atoms with Gasteiger partial charge < -0.3 is 4.90 Å². The van der Waals surface area contributed by atoms with Crippen molar-refractivity contribution in [1.29, 1.82) is 0 Å². The Labute approximate surface area is 123 Å². The SMILES string of the molecule is Cc1nnc2c(N3CCC[C@H](C)C3)nc3ccccc3n12. The fraction of sp³-hybridized carbons (Fsp3) is 0.438. The van der Waals surface area contributed by atoms with E-state index in [1.807, 2.05) is 19.1 Å². The lowest BCUT2D eigenvalue weighted by Crippen LogP contribution is -2.35. The van der Waals surface area contributed by atoms with E-state index in [2.05, 4.69) is 38.6 Å². The molecule has 0 unspecified atom stereocenters. The number of aromatic nitrogens is 4. The fourth-order valence-electron chi connectivity index (χ4n) is 3.30. The largest absolute Gasteiger partial charge is 0.353 e. The molecule has 4 rings (SSSR count). The number of aryl methyl sites for hydroxylation is 1. The Balaban J connectivity index is 1.98. The number of piperidine rings is 1. The highest BCUT2D eigenvalue weighted by atomic mass is 15.3. The van der Waals surface area contributed by atoms with Crippen LogP contribution in [0.3, 0.4) is 0 Å². The third kappa shape index (κ3) is 1.95. The zero-order chi connectivity index (χ0) is 14.4. The Morgan fingerprint density at radius 3 is 2.90 bits per heavy atom. The molecular weight excluding hydrogens is 262 g/mol. The molecule has 1 atom stereocenters. The molecule has 1 aliphatic heterocycles. The molecule has 108 valence electrons. The highest BCUT2D eigenvalue weighted by Crippen LogP contribution is 2.27. The Bertz CT molecular complexity index is 807. The van der Waals surface area contributed by atoms with Gasteiger partial charge in [0.2, 0.25) is 5.65 Å². The molecule has 1 aromatic carbocycles. The van der Waals surface area contributed by atoms with E-state index in [0.717, 1.165) is 41.4 Å². The van der Waals surface area contributed by atoms with Gasteiger partial charge in [-0.25, -0.2) is 4.98 Å². The fourth-order valence-corrected chi connectivity index (χ4v) is 3.30. The maximum atomic E-state index is 4.88. The molecule has 5 nitrogen and oxygen atoms in total. The van der Waals surface area contributed by atoms with E-state index in [-0.39, 0.29) is 0 Å². The summed E-state index contributed by atoms with van der Waals surface area (Å²) >= 11 is 0. The highest BCUT2D eigenvalue weighted by molar-refractivity contribution is 5.83. The van der Waals surface area contributed by atoms with Crippen LogP contribution in [0.4, 0.5) is 5.82 Å². The molecule has 0 spiro atoms. The number of nitrogens with zero attached hydrogens (tertiary/aromatic N) is 5. The monoisotopic (exact) mass is 281 g/mol. The number of benzene rings is 1. The van der Waals surface area contributed by atoms with Crippen molar-refractivity contribution in [2.45, 2.75) is 26.7 Å². The predicted molar refractivity (Wildman–Crippen MR) is 83.6 cm³/mol. The third-order valence-corrected chi connectivity index (χ3v) is 4.33. The zero-order valence-electron chi connectivity index (χ0n) is 12.5. The summed E-state index contributed by atoms with van der Waals surface area (Å²) in [4.78, 5) is 7.24. The second-order valence-electron chi connectivity index (χ2n) is 6.02. The standard InChI is InChI=1S/C16H19N5/c1-11-6-5-9-20(10-11)15-16-19-18-12(2)21(16)14-8-4-3-7-13(14)17-15/h3-4,7-8,11H,5-6,9-10H2,1-2H3/t11-/m0/s1.